The van der Waals surface area contributed by atoms with Crippen LogP contribution in [0.5, 0.6) is 0 Å². The Bertz CT molecular complexity index is 1130. The Morgan fingerprint density at radius 3 is 2.42 bits per heavy atom. The fraction of sp³-hybridized carbons (Fsp3) is 0.208. The highest BCUT2D eigenvalue weighted by Gasteiger charge is 2.14. The first-order valence-electron chi connectivity index (χ1n) is 10.6. The molecule has 9 heteroatoms. The van der Waals surface area contributed by atoms with E-state index in [1.807, 2.05) is 30.3 Å². The Kier molecular flexibility index (Phi) is 7.07. The van der Waals surface area contributed by atoms with Crippen molar-refractivity contribution in [2.75, 3.05) is 54.1 Å². The van der Waals surface area contributed by atoms with Gasteiger partial charge < -0.3 is 25.8 Å². The maximum atomic E-state index is 11.7. The molecule has 0 saturated carbocycles. The lowest BCUT2D eigenvalue weighted by atomic mass is 10.2. The molecule has 0 atom stereocenters. The summed E-state index contributed by atoms with van der Waals surface area (Å²) in [6.45, 7) is 7.65. The average molecular weight is 464 g/mol. The minimum Gasteiger partial charge on any atom is -0.369 e. The molecule has 1 saturated heterocycles. The second-order valence-electron chi connectivity index (χ2n) is 7.72. The van der Waals surface area contributed by atoms with Gasteiger partial charge in [-0.1, -0.05) is 30.3 Å². The van der Waals surface area contributed by atoms with Crippen LogP contribution in [-0.4, -0.2) is 54.0 Å². The van der Waals surface area contributed by atoms with Gasteiger partial charge in [0.1, 0.15) is 5.02 Å². The summed E-state index contributed by atoms with van der Waals surface area (Å²) in [4.78, 5) is 25.2. The number of piperazine rings is 1. The normalized spacial score (nSPS) is 13.9. The lowest BCUT2D eigenvalue weighted by Crippen LogP contribution is -2.44. The zero-order valence-corrected chi connectivity index (χ0v) is 19.1. The van der Waals surface area contributed by atoms with Gasteiger partial charge in [-0.05, 0) is 49.5 Å². The van der Waals surface area contributed by atoms with E-state index >= 15 is 0 Å². The van der Waals surface area contributed by atoms with Gasteiger partial charge in [-0.3, -0.25) is 4.79 Å². The van der Waals surface area contributed by atoms with Crippen molar-refractivity contribution in [2.45, 2.75) is 0 Å². The molecule has 0 aliphatic carbocycles. The molecule has 1 aromatic heterocycles. The second kappa shape index (κ2) is 10.3. The zero-order chi connectivity index (χ0) is 23.2. The van der Waals surface area contributed by atoms with Gasteiger partial charge in [0.15, 0.2) is 5.82 Å². The van der Waals surface area contributed by atoms with E-state index in [1.54, 1.807) is 6.07 Å². The number of nitrogens with one attached hydrogen (secondary N) is 3. The van der Waals surface area contributed by atoms with Gasteiger partial charge in [0.05, 0.1) is 17.6 Å². The molecule has 1 amide bonds. The Morgan fingerprint density at radius 2 is 1.73 bits per heavy atom. The van der Waals surface area contributed by atoms with Gasteiger partial charge in [0, 0.05) is 37.6 Å². The monoisotopic (exact) mass is 463 g/mol. The van der Waals surface area contributed by atoms with Gasteiger partial charge in [0.2, 0.25) is 11.9 Å². The molecule has 1 aliphatic rings. The van der Waals surface area contributed by atoms with Gasteiger partial charge in [0.25, 0.3) is 0 Å². The summed E-state index contributed by atoms with van der Waals surface area (Å²) in [7, 11) is 2.15. The van der Waals surface area contributed by atoms with Gasteiger partial charge in [-0.25, -0.2) is 4.98 Å². The van der Waals surface area contributed by atoms with Crippen LogP contribution in [0.2, 0.25) is 5.02 Å². The fourth-order valence-electron chi connectivity index (χ4n) is 3.48. The van der Waals surface area contributed by atoms with Crippen LogP contribution in [-0.2, 0) is 4.79 Å². The topological polar surface area (TPSA) is 85.4 Å². The number of hydrogen-bond donors (Lipinski definition) is 3. The lowest BCUT2D eigenvalue weighted by molar-refractivity contribution is -0.111. The number of benzene rings is 2. The number of likely N-dealkylation sites (N-methyl/N-ethyl adjacent to an activating group) is 1. The van der Waals surface area contributed by atoms with Gasteiger partial charge in [-0.15, -0.1) is 0 Å². The molecule has 3 N–H and O–H groups in total. The van der Waals surface area contributed by atoms with E-state index in [-0.39, 0.29) is 5.91 Å². The molecular formula is C24H26ClN7O. The Hall–Kier alpha value is -3.62. The minimum absolute atomic E-state index is 0.305. The summed E-state index contributed by atoms with van der Waals surface area (Å²) in [5.41, 5.74) is 3.31. The Labute approximate surface area is 198 Å². The van der Waals surface area contributed by atoms with Gasteiger partial charge >= 0.3 is 0 Å². The molecule has 4 rings (SSSR count). The maximum Gasteiger partial charge on any atom is 0.247 e. The highest BCUT2D eigenvalue weighted by atomic mass is 35.5. The van der Waals surface area contributed by atoms with Crippen molar-refractivity contribution in [2.24, 2.45) is 0 Å². The summed E-state index contributed by atoms with van der Waals surface area (Å²) in [6.07, 6.45) is 2.74. The van der Waals surface area contributed by atoms with Gasteiger partial charge in [-0.2, -0.15) is 4.98 Å². The number of hydrogen-bond acceptors (Lipinski definition) is 7. The van der Waals surface area contributed by atoms with Crippen molar-refractivity contribution in [1.29, 1.82) is 0 Å². The smallest absolute Gasteiger partial charge is 0.247 e. The number of nitrogens with zero attached hydrogens (tertiary/aromatic N) is 4. The van der Waals surface area contributed by atoms with Crippen LogP contribution in [0.3, 0.4) is 0 Å². The van der Waals surface area contributed by atoms with E-state index in [0.717, 1.165) is 31.9 Å². The van der Waals surface area contributed by atoms with Crippen LogP contribution in [0.15, 0.2) is 67.4 Å². The molecule has 33 heavy (non-hydrogen) atoms. The number of carbonyl (C=O) groups is 1. The molecule has 170 valence electrons. The third-order valence-electron chi connectivity index (χ3n) is 5.36. The van der Waals surface area contributed by atoms with E-state index in [2.05, 4.69) is 61.5 Å². The first-order valence-corrected chi connectivity index (χ1v) is 11.0. The van der Waals surface area contributed by atoms with Crippen molar-refractivity contribution in [3.05, 3.63) is 72.4 Å². The molecule has 0 unspecified atom stereocenters. The third-order valence-corrected chi connectivity index (χ3v) is 5.64. The molecule has 2 heterocycles. The summed E-state index contributed by atoms with van der Waals surface area (Å²) >= 11 is 6.32. The van der Waals surface area contributed by atoms with Crippen molar-refractivity contribution in [1.82, 2.24) is 14.9 Å². The quantitative estimate of drug-likeness (QED) is 0.445. The number of amides is 1. The van der Waals surface area contributed by atoms with E-state index in [4.69, 9.17) is 11.6 Å². The molecule has 8 nitrogen and oxygen atoms in total. The summed E-state index contributed by atoms with van der Waals surface area (Å²) in [5.74, 6) is 0.519. The second-order valence-corrected chi connectivity index (χ2v) is 8.12. The summed E-state index contributed by atoms with van der Waals surface area (Å²) < 4.78 is 0. The van der Waals surface area contributed by atoms with E-state index in [9.17, 15) is 4.79 Å². The van der Waals surface area contributed by atoms with Crippen molar-refractivity contribution < 1.29 is 4.79 Å². The highest BCUT2D eigenvalue weighted by molar-refractivity contribution is 6.33. The fourth-order valence-corrected chi connectivity index (χ4v) is 3.62. The lowest BCUT2D eigenvalue weighted by Gasteiger charge is -2.34. The molecule has 0 spiro atoms. The standard InChI is InChI=1S/C24H26ClN7O/c1-3-22(33)28-20-6-4-5-7-21(20)29-23-19(25)16-26-24(30-23)27-17-8-10-18(11-9-17)32-14-12-31(2)13-15-32/h3-11,16H,1,12-15H2,2H3,(H,28,33)(H2,26,27,29,30). The molecule has 2 aromatic carbocycles. The number of carbonyl (C=O) groups excluding carboxylic acids is 1. The molecule has 0 radical (unpaired) electrons. The number of anilines is 6. The van der Waals surface area contributed by atoms with Crippen LogP contribution < -0.4 is 20.9 Å². The predicted octanol–water partition coefficient (Wildman–Crippen LogP) is 4.49. The van der Waals surface area contributed by atoms with Crippen molar-refractivity contribution >= 4 is 52.0 Å². The summed E-state index contributed by atoms with van der Waals surface area (Å²) in [6, 6.07) is 15.5. The first-order chi connectivity index (χ1) is 16.0. The Morgan fingerprint density at radius 1 is 1.03 bits per heavy atom. The van der Waals surface area contributed by atoms with Crippen LogP contribution >= 0.6 is 11.6 Å². The van der Waals surface area contributed by atoms with Crippen LogP contribution in [0.25, 0.3) is 0 Å². The van der Waals surface area contributed by atoms with E-state index in [0.29, 0.717) is 28.2 Å². The van der Waals surface area contributed by atoms with E-state index in [1.165, 1.54) is 18.0 Å². The molecular weight excluding hydrogens is 438 g/mol. The maximum absolute atomic E-state index is 11.7. The highest BCUT2D eigenvalue weighted by Crippen LogP contribution is 2.29. The number of para-hydroxylation sites is 2. The zero-order valence-electron chi connectivity index (χ0n) is 18.4. The van der Waals surface area contributed by atoms with Crippen molar-refractivity contribution in [3.8, 4) is 0 Å². The SMILES string of the molecule is C=CC(=O)Nc1ccccc1Nc1nc(Nc2ccc(N3CCN(C)CC3)cc2)ncc1Cl. The van der Waals surface area contributed by atoms with Crippen LogP contribution in [0.4, 0.5) is 34.5 Å². The number of aromatic nitrogens is 2. The molecule has 1 aliphatic heterocycles. The molecule has 0 bridgehead atoms. The van der Waals surface area contributed by atoms with Crippen LogP contribution in [0.1, 0.15) is 0 Å². The number of rotatable bonds is 7. The molecule has 1 fully saturated rings. The Balaban J connectivity index is 1.47. The predicted molar refractivity (Wildman–Crippen MR) is 135 cm³/mol. The largest absolute Gasteiger partial charge is 0.369 e. The first kappa shape index (κ1) is 22.6. The average Bonchev–Trinajstić information content (AvgIpc) is 2.83. The summed E-state index contributed by atoms with van der Waals surface area (Å²) in [5, 5.41) is 9.51. The van der Waals surface area contributed by atoms with Crippen molar-refractivity contribution in [3.63, 3.8) is 0 Å². The minimum atomic E-state index is -0.305. The van der Waals surface area contributed by atoms with E-state index < -0.39 is 0 Å². The third kappa shape index (κ3) is 5.79. The van der Waals surface area contributed by atoms with Crippen LogP contribution in [0, 0.1) is 0 Å². The number of halogens is 1. The molecule has 3 aromatic rings.